The molecular formula is C26H31ClN4O2. The summed E-state index contributed by atoms with van der Waals surface area (Å²) >= 11 is 6.15. The molecule has 2 amide bonds. The summed E-state index contributed by atoms with van der Waals surface area (Å²) in [5.74, 6) is -0.0437. The maximum atomic E-state index is 13.2. The van der Waals surface area contributed by atoms with Gasteiger partial charge in [-0.3, -0.25) is 9.59 Å². The molecule has 174 valence electrons. The van der Waals surface area contributed by atoms with Gasteiger partial charge in [-0.15, -0.1) is 0 Å². The van der Waals surface area contributed by atoms with Crippen molar-refractivity contribution >= 4 is 34.3 Å². The van der Waals surface area contributed by atoms with Crippen LogP contribution in [0.2, 0.25) is 5.02 Å². The van der Waals surface area contributed by atoms with Gasteiger partial charge in [-0.05, 0) is 63.4 Å². The lowest BCUT2D eigenvalue weighted by Gasteiger charge is -2.34. The number of likely N-dealkylation sites (tertiary alicyclic amines) is 1. The Morgan fingerprint density at radius 2 is 1.85 bits per heavy atom. The van der Waals surface area contributed by atoms with Gasteiger partial charge >= 0.3 is 0 Å². The number of hydrogen-bond donors (Lipinski definition) is 3. The molecule has 0 aliphatic carbocycles. The highest BCUT2D eigenvalue weighted by Gasteiger charge is 2.26. The zero-order valence-corrected chi connectivity index (χ0v) is 19.9. The van der Waals surface area contributed by atoms with Crippen molar-refractivity contribution in [1.29, 1.82) is 0 Å². The molecule has 1 aliphatic heterocycles. The Labute approximate surface area is 199 Å². The Kier molecular flexibility index (Phi) is 7.36. The zero-order chi connectivity index (χ0) is 23.4. The summed E-state index contributed by atoms with van der Waals surface area (Å²) in [6.07, 6.45) is 3.83. The number of rotatable bonds is 7. The number of fused-ring (bicyclic) bond motifs is 1. The lowest BCUT2D eigenvalue weighted by atomic mass is 9.95. The summed E-state index contributed by atoms with van der Waals surface area (Å²) in [4.78, 5) is 31.8. The van der Waals surface area contributed by atoms with E-state index in [4.69, 9.17) is 11.6 Å². The van der Waals surface area contributed by atoms with Crippen LogP contribution in [-0.4, -0.2) is 47.4 Å². The monoisotopic (exact) mass is 466 g/mol. The minimum absolute atomic E-state index is 0.190. The molecule has 6 nitrogen and oxygen atoms in total. The highest BCUT2D eigenvalue weighted by Crippen LogP contribution is 2.24. The van der Waals surface area contributed by atoms with E-state index in [2.05, 4.69) is 34.4 Å². The van der Waals surface area contributed by atoms with Gasteiger partial charge in [0.25, 0.3) is 5.91 Å². The predicted octanol–water partition coefficient (Wildman–Crippen LogP) is 4.53. The first-order valence-electron chi connectivity index (χ1n) is 11.6. The summed E-state index contributed by atoms with van der Waals surface area (Å²) in [6, 6.07) is 14.4. The number of H-pyrrole nitrogens is 1. The molecule has 1 aliphatic rings. The molecule has 0 bridgehead atoms. The first-order valence-corrected chi connectivity index (χ1v) is 11.9. The maximum absolute atomic E-state index is 13.2. The Balaban J connectivity index is 1.43. The summed E-state index contributed by atoms with van der Waals surface area (Å²) in [6.45, 7) is 7.18. The van der Waals surface area contributed by atoms with Crippen molar-refractivity contribution in [2.45, 2.75) is 38.8 Å². The molecule has 2 aromatic carbocycles. The second kappa shape index (κ2) is 10.4. The van der Waals surface area contributed by atoms with Crippen molar-refractivity contribution < 1.29 is 9.59 Å². The van der Waals surface area contributed by atoms with Crippen LogP contribution in [0.15, 0.2) is 54.7 Å². The number of carbonyl (C=O) groups is 2. The Morgan fingerprint density at radius 3 is 2.55 bits per heavy atom. The van der Waals surface area contributed by atoms with E-state index in [9.17, 15) is 9.59 Å². The number of nitrogens with one attached hydrogen (secondary N) is 3. The third kappa shape index (κ3) is 5.57. The van der Waals surface area contributed by atoms with Crippen molar-refractivity contribution in [2.24, 2.45) is 5.92 Å². The van der Waals surface area contributed by atoms with Gasteiger partial charge in [0.2, 0.25) is 5.91 Å². The molecule has 33 heavy (non-hydrogen) atoms. The molecule has 1 fully saturated rings. The molecule has 4 rings (SSSR count). The molecule has 1 aromatic heterocycles. The lowest BCUT2D eigenvalue weighted by molar-refractivity contribution is -0.123. The first kappa shape index (κ1) is 23.3. The highest BCUT2D eigenvalue weighted by molar-refractivity contribution is 6.35. The molecule has 0 spiro atoms. The molecule has 0 saturated carbocycles. The minimum atomic E-state index is -0.766. The third-order valence-electron chi connectivity index (χ3n) is 6.51. The number of amides is 2. The van der Waals surface area contributed by atoms with Crippen LogP contribution in [0.1, 0.15) is 48.7 Å². The number of hydrogen-bond acceptors (Lipinski definition) is 3. The molecule has 3 aromatic rings. The van der Waals surface area contributed by atoms with Crippen molar-refractivity contribution in [3.05, 3.63) is 70.9 Å². The fourth-order valence-electron chi connectivity index (χ4n) is 4.41. The van der Waals surface area contributed by atoms with Gasteiger partial charge in [0.05, 0.1) is 5.02 Å². The van der Waals surface area contributed by atoms with Crippen LogP contribution >= 0.6 is 11.6 Å². The maximum Gasteiger partial charge on any atom is 0.252 e. The molecule has 1 atom stereocenters. The second-order valence-electron chi connectivity index (χ2n) is 9.03. The van der Waals surface area contributed by atoms with E-state index in [1.807, 2.05) is 36.4 Å². The van der Waals surface area contributed by atoms with Gasteiger partial charge in [0, 0.05) is 35.2 Å². The quantitative estimate of drug-likeness (QED) is 0.478. The van der Waals surface area contributed by atoms with E-state index in [1.165, 1.54) is 0 Å². The molecule has 0 radical (unpaired) electrons. The van der Waals surface area contributed by atoms with Crippen LogP contribution in [0, 0.1) is 5.92 Å². The van der Waals surface area contributed by atoms with Crippen molar-refractivity contribution in [3.8, 4) is 0 Å². The fraction of sp³-hybridized carbons (Fsp3) is 0.385. The Hall–Kier alpha value is -2.83. The number of carbonyl (C=O) groups excluding carboxylic acids is 2. The van der Waals surface area contributed by atoms with Crippen LogP contribution < -0.4 is 10.6 Å². The number of piperidine rings is 1. The second-order valence-corrected chi connectivity index (χ2v) is 9.44. The van der Waals surface area contributed by atoms with Gasteiger partial charge in [-0.2, -0.15) is 0 Å². The number of aromatic nitrogens is 1. The van der Waals surface area contributed by atoms with Gasteiger partial charge in [0.15, 0.2) is 0 Å². The SMILES string of the molecule is CC(C)N1CCC(CNC(=O)[C@H](NC(=O)c2ccc3c(Cl)c[nH]c3c2)c2ccccc2)CC1. The fourth-order valence-corrected chi connectivity index (χ4v) is 4.63. The largest absolute Gasteiger partial charge is 0.360 e. The molecule has 0 unspecified atom stereocenters. The first-order chi connectivity index (χ1) is 15.9. The minimum Gasteiger partial charge on any atom is -0.360 e. The van der Waals surface area contributed by atoms with Gasteiger partial charge < -0.3 is 20.5 Å². The lowest BCUT2D eigenvalue weighted by Crippen LogP contribution is -2.44. The Bertz CT molecular complexity index is 1100. The molecule has 1 saturated heterocycles. The van der Waals surface area contributed by atoms with Crippen molar-refractivity contribution in [1.82, 2.24) is 20.5 Å². The van der Waals surface area contributed by atoms with E-state index >= 15 is 0 Å². The zero-order valence-electron chi connectivity index (χ0n) is 19.1. The topological polar surface area (TPSA) is 77.2 Å². The smallest absolute Gasteiger partial charge is 0.252 e. The number of halogens is 1. The van der Waals surface area contributed by atoms with Crippen LogP contribution in [0.3, 0.4) is 0 Å². The number of aromatic amines is 1. The average Bonchev–Trinajstić information content (AvgIpc) is 3.21. The standard InChI is InChI=1S/C26H31ClN4O2/c1-17(2)31-12-10-18(11-13-31)15-29-26(33)24(19-6-4-3-5-7-19)30-25(32)20-8-9-21-22(27)16-28-23(21)14-20/h3-9,14,16-18,24,28H,10-13,15H2,1-2H3,(H,29,33)(H,30,32)/t24-/m1/s1. The van der Waals surface area contributed by atoms with E-state index in [1.54, 1.807) is 18.3 Å². The number of nitrogens with zero attached hydrogens (tertiary/aromatic N) is 1. The summed E-state index contributed by atoms with van der Waals surface area (Å²) in [5, 5.41) is 7.48. The molecular weight excluding hydrogens is 436 g/mol. The highest BCUT2D eigenvalue weighted by atomic mass is 35.5. The summed E-state index contributed by atoms with van der Waals surface area (Å²) in [5.41, 5.74) is 2.00. The van der Waals surface area contributed by atoms with E-state index in [0.29, 0.717) is 29.1 Å². The number of benzene rings is 2. The Morgan fingerprint density at radius 1 is 1.12 bits per heavy atom. The normalized spacial score (nSPS) is 16.1. The van der Waals surface area contributed by atoms with Gasteiger partial charge in [-0.1, -0.05) is 48.0 Å². The molecule has 7 heteroatoms. The van der Waals surface area contributed by atoms with Crippen LogP contribution in [0.25, 0.3) is 10.9 Å². The summed E-state index contributed by atoms with van der Waals surface area (Å²) in [7, 11) is 0. The van der Waals surface area contributed by atoms with Crippen molar-refractivity contribution in [2.75, 3.05) is 19.6 Å². The van der Waals surface area contributed by atoms with Crippen LogP contribution in [0.5, 0.6) is 0 Å². The third-order valence-corrected chi connectivity index (χ3v) is 6.82. The van der Waals surface area contributed by atoms with Gasteiger partial charge in [-0.25, -0.2) is 0 Å². The van der Waals surface area contributed by atoms with Gasteiger partial charge in [0.1, 0.15) is 6.04 Å². The predicted molar refractivity (Wildman–Crippen MR) is 132 cm³/mol. The van der Waals surface area contributed by atoms with Crippen LogP contribution in [-0.2, 0) is 4.79 Å². The molecule has 2 heterocycles. The van der Waals surface area contributed by atoms with E-state index < -0.39 is 6.04 Å². The van der Waals surface area contributed by atoms with Crippen LogP contribution in [0.4, 0.5) is 0 Å². The average molecular weight is 467 g/mol. The van der Waals surface area contributed by atoms with E-state index in [0.717, 1.165) is 42.4 Å². The van der Waals surface area contributed by atoms with Crippen molar-refractivity contribution in [3.63, 3.8) is 0 Å². The summed E-state index contributed by atoms with van der Waals surface area (Å²) < 4.78 is 0. The molecule has 3 N–H and O–H groups in total. The van der Waals surface area contributed by atoms with E-state index in [-0.39, 0.29) is 11.8 Å².